The van der Waals surface area contributed by atoms with Gasteiger partial charge in [-0.05, 0) is 30.4 Å². The molecule has 1 aromatic heterocycles. The lowest BCUT2D eigenvalue weighted by atomic mass is 10.1. The van der Waals surface area contributed by atoms with Crippen LogP contribution in [-0.2, 0) is 7.05 Å². The fourth-order valence-corrected chi connectivity index (χ4v) is 1.87. The van der Waals surface area contributed by atoms with Gasteiger partial charge in [0, 0.05) is 12.6 Å². The topological polar surface area (TPSA) is 59.9 Å². The summed E-state index contributed by atoms with van der Waals surface area (Å²) in [7, 11) is 1.44. The summed E-state index contributed by atoms with van der Waals surface area (Å²) in [5.74, 6) is -0.561. The summed E-state index contributed by atoms with van der Waals surface area (Å²) in [5.41, 5.74) is -0.285. The van der Waals surface area contributed by atoms with Gasteiger partial charge in [-0.15, -0.1) is 13.2 Å². The Morgan fingerprint density at radius 1 is 1.43 bits per heavy atom. The maximum atomic E-state index is 12.1. The van der Waals surface area contributed by atoms with E-state index in [9.17, 15) is 18.0 Å². The Labute approximate surface area is 125 Å². The molecule has 0 atom stereocenters. The van der Waals surface area contributed by atoms with Crippen LogP contribution in [-0.4, -0.2) is 21.1 Å². The number of alkyl halides is 3. The SMILES string of the molecule is Cn1c(=S)[nH]nc(-c2ccc(OC(F)(F)F)c(Cl)c2)c1=O. The zero-order valence-corrected chi connectivity index (χ0v) is 11.9. The van der Waals surface area contributed by atoms with Crippen LogP contribution in [0.4, 0.5) is 13.2 Å². The number of benzene rings is 1. The Balaban J connectivity index is 2.49. The highest BCUT2D eigenvalue weighted by Gasteiger charge is 2.32. The Morgan fingerprint density at radius 3 is 2.67 bits per heavy atom. The summed E-state index contributed by atoms with van der Waals surface area (Å²) < 4.78 is 41.4. The van der Waals surface area contributed by atoms with Crippen molar-refractivity contribution in [2.24, 2.45) is 7.05 Å². The number of hydrogen-bond donors (Lipinski definition) is 1. The summed E-state index contributed by atoms with van der Waals surface area (Å²) >= 11 is 10.5. The number of aromatic amines is 1. The molecule has 0 saturated carbocycles. The molecule has 21 heavy (non-hydrogen) atoms. The van der Waals surface area contributed by atoms with Gasteiger partial charge >= 0.3 is 6.36 Å². The Morgan fingerprint density at radius 2 is 2.10 bits per heavy atom. The molecule has 1 N–H and O–H groups in total. The molecule has 5 nitrogen and oxygen atoms in total. The van der Waals surface area contributed by atoms with Crippen LogP contribution in [0.25, 0.3) is 11.3 Å². The molecule has 2 rings (SSSR count). The molecular formula is C11H7ClF3N3O2S. The zero-order valence-electron chi connectivity index (χ0n) is 10.4. The highest BCUT2D eigenvalue weighted by atomic mass is 35.5. The van der Waals surface area contributed by atoms with Gasteiger partial charge in [0.25, 0.3) is 5.56 Å². The van der Waals surface area contributed by atoms with Crippen molar-refractivity contribution in [2.75, 3.05) is 0 Å². The number of nitrogens with one attached hydrogen (secondary N) is 1. The van der Waals surface area contributed by atoms with E-state index in [1.54, 1.807) is 0 Å². The Kier molecular flexibility index (Phi) is 4.06. The summed E-state index contributed by atoms with van der Waals surface area (Å²) in [6, 6.07) is 3.41. The van der Waals surface area contributed by atoms with E-state index in [0.717, 1.165) is 16.7 Å². The lowest BCUT2D eigenvalue weighted by Gasteiger charge is -2.11. The van der Waals surface area contributed by atoms with Crippen molar-refractivity contribution in [2.45, 2.75) is 6.36 Å². The second-order valence-corrected chi connectivity index (χ2v) is 4.73. The standard InChI is InChI=1S/C11H7ClF3N3O2S/c1-18-9(19)8(16-17-10(18)21)5-2-3-7(6(12)4-5)20-11(13,14)15/h2-4H,1H3,(H,17,21). The average Bonchev–Trinajstić information content (AvgIpc) is 2.37. The molecular weight excluding hydrogens is 331 g/mol. The van der Waals surface area contributed by atoms with Crippen LogP contribution in [0.3, 0.4) is 0 Å². The normalized spacial score (nSPS) is 11.5. The van der Waals surface area contributed by atoms with Crippen molar-refractivity contribution >= 4 is 23.8 Å². The fraction of sp³-hybridized carbons (Fsp3) is 0.182. The minimum atomic E-state index is -4.85. The van der Waals surface area contributed by atoms with Crippen molar-refractivity contribution in [1.82, 2.24) is 14.8 Å². The van der Waals surface area contributed by atoms with E-state index >= 15 is 0 Å². The highest BCUT2D eigenvalue weighted by molar-refractivity contribution is 7.71. The number of nitrogens with zero attached hydrogens (tertiary/aromatic N) is 2. The van der Waals surface area contributed by atoms with Gasteiger partial charge in [-0.25, -0.2) is 0 Å². The first-order valence-corrected chi connectivity index (χ1v) is 6.19. The number of hydrogen-bond acceptors (Lipinski definition) is 4. The average molecular weight is 338 g/mol. The minimum absolute atomic E-state index is 0.0217. The highest BCUT2D eigenvalue weighted by Crippen LogP contribution is 2.32. The van der Waals surface area contributed by atoms with E-state index in [1.807, 2.05) is 0 Å². The minimum Gasteiger partial charge on any atom is -0.404 e. The first kappa shape index (κ1) is 15.5. The van der Waals surface area contributed by atoms with Gasteiger partial charge in [0.15, 0.2) is 10.5 Å². The molecule has 0 aliphatic rings. The first-order chi connectivity index (χ1) is 9.69. The molecule has 0 radical (unpaired) electrons. The van der Waals surface area contributed by atoms with Gasteiger partial charge in [-0.2, -0.15) is 5.10 Å². The third-order valence-electron chi connectivity index (χ3n) is 2.51. The van der Waals surface area contributed by atoms with Crippen LogP contribution in [0, 0.1) is 4.77 Å². The van der Waals surface area contributed by atoms with Crippen LogP contribution in [0.1, 0.15) is 0 Å². The van der Waals surface area contributed by atoms with Gasteiger partial charge in [-0.3, -0.25) is 14.5 Å². The molecule has 10 heteroatoms. The van der Waals surface area contributed by atoms with Crippen LogP contribution >= 0.6 is 23.8 Å². The van der Waals surface area contributed by atoms with Gasteiger partial charge < -0.3 is 4.74 Å². The van der Waals surface area contributed by atoms with Crippen molar-refractivity contribution in [1.29, 1.82) is 0 Å². The largest absolute Gasteiger partial charge is 0.573 e. The second-order valence-electron chi connectivity index (χ2n) is 3.93. The van der Waals surface area contributed by atoms with Crippen molar-refractivity contribution in [3.8, 4) is 17.0 Å². The Bertz CT molecular complexity index is 801. The van der Waals surface area contributed by atoms with Gasteiger partial charge in [0.1, 0.15) is 5.75 Å². The van der Waals surface area contributed by atoms with E-state index in [4.69, 9.17) is 23.8 Å². The third-order valence-corrected chi connectivity index (χ3v) is 3.17. The molecule has 0 aliphatic heterocycles. The quantitative estimate of drug-likeness (QED) is 0.856. The van der Waals surface area contributed by atoms with Gasteiger partial charge in [-0.1, -0.05) is 11.6 Å². The predicted octanol–water partition coefficient (Wildman–Crippen LogP) is 3.06. The number of H-pyrrole nitrogens is 1. The summed E-state index contributed by atoms with van der Waals surface area (Å²) in [6.45, 7) is 0. The van der Waals surface area contributed by atoms with Crippen LogP contribution in [0.15, 0.2) is 23.0 Å². The van der Waals surface area contributed by atoms with Crippen molar-refractivity contribution in [3.63, 3.8) is 0 Å². The maximum absolute atomic E-state index is 12.1. The smallest absolute Gasteiger partial charge is 0.404 e. The predicted molar refractivity (Wildman–Crippen MR) is 71.8 cm³/mol. The summed E-state index contributed by atoms with van der Waals surface area (Å²) in [4.78, 5) is 12.0. The summed E-state index contributed by atoms with van der Waals surface area (Å²) in [5, 5.41) is 5.93. The lowest BCUT2D eigenvalue weighted by Crippen LogP contribution is -2.22. The van der Waals surface area contributed by atoms with E-state index in [0.29, 0.717) is 0 Å². The van der Waals surface area contributed by atoms with Crippen molar-refractivity contribution in [3.05, 3.63) is 38.3 Å². The van der Waals surface area contributed by atoms with Crippen LogP contribution in [0.5, 0.6) is 5.75 Å². The molecule has 0 fully saturated rings. The van der Waals surface area contributed by atoms with Gasteiger partial charge in [0.05, 0.1) is 5.02 Å². The molecule has 1 aromatic carbocycles. The molecule has 0 amide bonds. The molecule has 0 saturated heterocycles. The van der Waals surface area contributed by atoms with Crippen LogP contribution < -0.4 is 10.3 Å². The van der Waals surface area contributed by atoms with Gasteiger partial charge in [0.2, 0.25) is 0 Å². The molecule has 1 heterocycles. The fourth-order valence-electron chi connectivity index (χ4n) is 1.52. The Hall–Kier alpha value is -1.87. The molecule has 2 aromatic rings. The lowest BCUT2D eigenvalue weighted by molar-refractivity contribution is -0.274. The zero-order chi connectivity index (χ0) is 15.8. The molecule has 0 bridgehead atoms. The van der Waals surface area contributed by atoms with E-state index in [2.05, 4.69) is 14.9 Å². The number of ether oxygens (including phenoxy) is 1. The molecule has 0 aliphatic carbocycles. The summed E-state index contributed by atoms with van der Waals surface area (Å²) in [6.07, 6.45) is -4.85. The maximum Gasteiger partial charge on any atom is 0.573 e. The number of halogens is 4. The third kappa shape index (κ3) is 3.42. The number of rotatable bonds is 2. The monoisotopic (exact) mass is 337 g/mol. The first-order valence-electron chi connectivity index (χ1n) is 5.40. The van der Waals surface area contributed by atoms with Crippen molar-refractivity contribution < 1.29 is 17.9 Å². The molecule has 0 spiro atoms. The van der Waals surface area contributed by atoms with E-state index in [-0.39, 0.29) is 21.1 Å². The molecule has 112 valence electrons. The second kappa shape index (κ2) is 5.49. The molecule has 0 unspecified atom stereocenters. The van der Waals surface area contributed by atoms with Crippen LogP contribution in [0.2, 0.25) is 5.02 Å². The van der Waals surface area contributed by atoms with E-state index < -0.39 is 17.7 Å². The number of aromatic nitrogens is 3. The van der Waals surface area contributed by atoms with E-state index in [1.165, 1.54) is 13.1 Å².